The molecule has 1 aromatic rings. The molecule has 1 aromatic carbocycles. The molecule has 0 unspecified atom stereocenters. The lowest BCUT2D eigenvalue weighted by Crippen LogP contribution is -2.65. The summed E-state index contributed by atoms with van der Waals surface area (Å²) < 4.78 is 10.8. The Bertz CT molecular complexity index is 3490. The number of carbonyl (C=O) groups excluding carboxylic acids is 17. The molecule has 0 spiro atoms. The van der Waals surface area contributed by atoms with Crippen molar-refractivity contribution in [1.29, 1.82) is 0 Å². The van der Waals surface area contributed by atoms with Crippen molar-refractivity contribution in [1.82, 2.24) is 83.8 Å². The van der Waals surface area contributed by atoms with E-state index in [4.69, 9.17) is 9.47 Å². The Kier molecular flexibility index (Phi) is 31.6. The number of hydrogen-bond donors (Lipinski definition) is 13. The molecule has 1 aliphatic heterocycles. The van der Waals surface area contributed by atoms with Crippen molar-refractivity contribution in [2.75, 3.05) is 20.6 Å². The van der Waals surface area contributed by atoms with Gasteiger partial charge in [-0.1, -0.05) is 30.3 Å². The summed E-state index contributed by atoms with van der Waals surface area (Å²) >= 11 is 0. The minimum absolute atomic E-state index is 0.0287. The monoisotopic (exact) mass is 1500 g/mol. The van der Waals surface area contributed by atoms with Gasteiger partial charge in [-0.25, -0.2) is 9.59 Å². The highest BCUT2D eigenvalue weighted by atomic mass is 16.6. The van der Waals surface area contributed by atoms with E-state index in [-0.39, 0.29) is 13.2 Å². The minimum atomic E-state index is -1.74. The van der Waals surface area contributed by atoms with Crippen LogP contribution in [0.5, 0.6) is 0 Å². The van der Waals surface area contributed by atoms with Crippen LogP contribution in [0.25, 0.3) is 0 Å². The van der Waals surface area contributed by atoms with Gasteiger partial charge in [0.25, 0.3) is 0 Å². The number of benzene rings is 1. The first kappa shape index (κ1) is 92.1. The smallest absolute Gasteiger partial charge is 0.410 e. The van der Waals surface area contributed by atoms with Crippen molar-refractivity contribution in [3.05, 3.63) is 35.9 Å². The molecule has 594 valence electrons. The molecular formula is C71H116N16O19. The number of hydrogen-bond acceptors (Lipinski definition) is 19. The van der Waals surface area contributed by atoms with Crippen LogP contribution >= 0.6 is 0 Å². The van der Waals surface area contributed by atoms with Crippen LogP contribution in [0.3, 0.4) is 0 Å². The summed E-state index contributed by atoms with van der Waals surface area (Å²) in [7, 11) is 2.80. The molecule has 0 bridgehead atoms. The molecule has 35 nitrogen and oxygen atoms in total. The van der Waals surface area contributed by atoms with Crippen molar-refractivity contribution in [3.8, 4) is 0 Å². The van der Waals surface area contributed by atoms with Crippen LogP contribution in [0.2, 0.25) is 0 Å². The normalized spacial score (nSPS) is 15.8. The molecule has 16 amide bonds. The molecule has 0 aliphatic carbocycles. The molecule has 0 aromatic heterocycles. The molecule has 13 N–H and O–H groups in total. The molecule has 1 saturated heterocycles. The van der Waals surface area contributed by atoms with Gasteiger partial charge in [0.15, 0.2) is 0 Å². The maximum atomic E-state index is 13.8. The summed E-state index contributed by atoms with van der Waals surface area (Å²) in [5.74, 6) is -12.5. The number of nitrogens with one attached hydrogen (secondary N) is 13. The first-order valence-electron chi connectivity index (χ1n) is 34.9. The average Bonchev–Trinajstić information content (AvgIpc) is 1.56. The van der Waals surface area contributed by atoms with Crippen LogP contribution in [0.4, 0.5) is 4.79 Å². The Morgan fingerprint density at radius 1 is 0.396 bits per heavy atom. The Morgan fingerprint density at radius 2 is 0.670 bits per heavy atom. The Balaban J connectivity index is 1.92. The first-order valence-corrected chi connectivity index (χ1v) is 34.9. The van der Waals surface area contributed by atoms with Crippen LogP contribution in [0, 0.1) is 0 Å². The fraction of sp³-hybridized carbons (Fsp3) is 0.676. The number of rotatable bonds is 33. The average molecular weight is 1500 g/mol. The number of esters is 1. The zero-order valence-electron chi connectivity index (χ0n) is 66.5. The van der Waals surface area contributed by atoms with E-state index in [1.807, 2.05) is 6.07 Å². The summed E-state index contributed by atoms with van der Waals surface area (Å²) in [6, 6.07) is -1.94. The van der Waals surface area contributed by atoms with Gasteiger partial charge in [0.1, 0.15) is 105 Å². The molecule has 0 radical (unpaired) electrons. The van der Waals surface area contributed by atoms with Gasteiger partial charge in [-0.15, -0.1) is 0 Å². The summed E-state index contributed by atoms with van der Waals surface area (Å²) in [6.07, 6.45) is 0.0661. The van der Waals surface area contributed by atoms with Crippen molar-refractivity contribution < 1.29 is 91.0 Å². The van der Waals surface area contributed by atoms with Crippen molar-refractivity contribution >= 4 is 101 Å². The van der Waals surface area contributed by atoms with Crippen LogP contribution in [0.15, 0.2) is 30.3 Å². The predicted molar refractivity (Wildman–Crippen MR) is 388 cm³/mol. The van der Waals surface area contributed by atoms with Gasteiger partial charge in [0.2, 0.25) is 88.6 Å². The number of likely N-dealkylation sites (N-methyl/N-ethyl adjacent to an activating group) is 2. The van der Waals surface area contributed by atoms with Crippen molar-refractivity contribution in [2.24, 2.45) is 0 Å². The van der Waals surface area contributed by atoms with Crippen molar-refractivity contribution in [3.63, 3.8) is 0 Å². The molecule has 35 heteroatoms. The lowest BCUT2D eigenvalue weighted by molar-refractivity contribution is -0.153. The Morgan fingerprint density at radius 3 is 0.953 bits per heavy atom. The molecule has 106 heavy (non-hydrogen) atoms. The second-order valence-electron chi connectivity index (χ2n) is 31.6. The number of nitrogens with zero attached hydrogens (tertiary/aromatic N) is 3. The fourth-order valence-electron chi connectivity index (χ4n) is 9.65. The summed E-state index contributed by atoms with van der Waals surface area (Å²) in [5.41, 5.74) is -11.8. The molecule has 2 rings (SSSR count). The van der Waals surface area contributed by atoms with E-state index in [0.29, 0.717) is 12.8 Å². The number of ether oxygens (including phenoxy) is 2. The van der Waals surface area contributed by atoms with Crippen molar-refractivity contribution in [2.45, 2.75) is 291 Å². The van der Waals surface area contributed by atoms with E-state index in [9.17, 15) is 81.5 Å². The van der Waals surface area contributed by atoms with Crippen LogP contribution < -0.4 is 69.1 Å². The van der Waals surface area contributed by atoms with Crippen LogP contribution in [-0.4, -0.2) is 235 Å². The third-order valence-corrected chi connectivity index (χ3v) is 17.4. The van der Waals surface area contributed by atoms with Gasteiger partial charge in [-0.05, 0) is 191 Å². The molecular weight excluding hydrogens is 1380 g/mol. The van der Waals surface area contributed by atoms with E-state index in [1.54, 1.807) is 45.0 Å². The fourth-order valence-corrected chi connectivity index (χ4v) is 9.65. The molecule has 1 heterocycles. The highest BCUT2D eigenvalue weighted by molar-refractivity contribution is 6.03. The van der Waals surface area contributed by atoms with Crippen LogP contribution in [0.1, 0.15) is 191 Å². The van der Waals surface area contributed by atoms with E-state index in [0.717, 1.165) is 15.4 Å². The first-order chi connectivity index (χ1) is 48.1. The number of amides is 16. The number of carbonyl (C=O) groups is 17. The lowest BCUT2D eigenvalue weighted by Gasteiger charge is -2.35. The SMILES string of the molecule is C[C@H](NC(=O)C(C)(C)NC(=O)[C@H](C)NC(=O)C(C)(C)NC(=O)[C@H](C)NC(=O)C(C)(C)NC(=O)[C@H](C)NC(=O)C(C)(C)NC(=O)[C@H](C)N(C)C(=O)[C@@H]1CCCN1C(=O)[C@H](C)N(C)C(=O)OC(C)(C)C)C(=O)NC(C)(C)C(=O)N[C@@H](C)C(=O)NC(C)(C)C(=O)N[C@@H](C)C(=O)NC(C)(C)C(=O)OCc1ccccc1. The third-order valence-electron chi connectivity index (χ3n) is 17.4. The van der Waals surface area contributed by atoms with Gasteiger partial charge in [0.05, 0.1) is 0 Å². The zero-order valence-corrected chi connectivity index (χ0v) is 66.5. The van der Waals surface area contributed by atoms with E-state index >= 15 is 0 Å². The van der Waals surface area contributed by atoms with E-state index in [2.05, 4.69) is 69.1 Å². The zero-order chi connectivity index (χ0) is 82.3. The second-order valence-corrected chi connectivity index (χ2v) is 31.6. The Labute approximate surface area is 621 Å². The maximum Gasteiger partial charge on any atom is 0.410 e. The van der Waals surface area contributed by atoms with Gasteiger partial charge < -0.3 is 88.4 Å². The van der Waals surface area contributed by atoms with E-state index in [1.165, 1.54) is 171 Å². The summed E-state index contributed by atoms with van der Waals surface area (Å²) in [5, 5.41) is 32.5. The molecule has 1 aliphatic rings. The lowest BCUT2D eigenvalue weighted by atomic mass is 10.0. The van der Waals surface area contributed by atoms with Gasteiger partial charge >= 0.3 is 12.1 Å². The van der Waals surface area contributed by atoms with Gasteiger partial charge in [-0.2, -0.15) is 0 Å². The third kappa shape index (κ3) is 26.6. The van der Waals surface area contributed by atoms with Gasteiger partial charge in [0, 0.05) is 20.6 Å². The number of likely N-dealkylation sites (tertiary alicyclic amines) is 1. The quantitative estimate of drug-likeness (QED) is 0.0380. The largest absolute Gasteiger partial charge is 0.459 e. The van der Waals surface area contributed by atoms with Crippen LogP contribution in [-0.2, 0) is 92.8 Å². The van der Waals surface area contributed by atoms with E-state index < -0.39 is 199 Å². The standard InChI is InChI=1S/C71H116N16O19/c1-37(47(88)78-65(12,13)56(97)73-38(2)48(89)79-67(16,17)58(99)75-40(4)50(91)81-69(20,21)60(101)77-42(6)52(93)83-71(24,25)62(103)105-36-45-32-29-28-30-33-45)72-57(98)66(14,15)80-49(90)39(3)74-59(100)68(18,19)82-51(92)41(5)76-61(102)70(22,23)84-53(94)43(7)85(26)55(96)46-34-31-35-87(46)54(95)44(8)86(27)63(104)106-64(9,10)11/h28-30,32-33,37-44,46H,31,34-36H2,1-27H3,(H,72,98)(H,73,97)(H,74,100)(H,75,99)(H,76,102)(H,77,101)(H,78,88)(H,79,89)(H,80,90)(H,81,91)(H,82,92)(H,83,93)(H,84,94)/t37-,38-,39-,40-,41-,42-,43-,44-,46-/m0/s1. The predicted octanol–water partition coefficient (Wildman–Crippen LogP) is -0.885. The summed E-state index contributed by atoms with van der Waals surface area (Å²) in [4.78, 5) is 232. The second kappa shape index (κ2) is 36.3. The summed E-state index contributed by atoms with van der Waals surface area (Å²) in [6.45, 7) is 35.0. The molecule has 9 atom stereocenters. The maximum absolute atomic E-state index is 13.8. The van der Waals surface area contributed by atoms with Gasteiger partial charge in [-0.3, -0.25) is 76.8 Å². The highest BCUT2D eigenvalue weighted by Crippen LogP contribution is 2.24. The highest BCUT2D eigenvalue weighted by Gasteiger charge is 2.45. The molecule has 1 fully saturated rings. The Hall–Kier alpha value is -9.99. The molecule has 0 saturated carbocycles. The topological polar surface area (TPSA) is 475 Å². The minimum Gasteiger partial charge on any atom is -0.459 e.